The molecule has 0 bridgehead atoms. The molecule has 2 atom stereocenters. The molecule has 0 aliphatic heterocycles. The van der Waals surface area contributed by atoms with Gasteiger partial charge in [0, 0.05) is 24.7 Å². The number of hydrogen-bond acceptors (Lipinski definition) is 3. The normalized spacial score (nSPS) is 28.1. The van der Waals surface area contributed by atoms with Gasteiger partial charge in [0.25, 0.3) is 0 Å². The van der Waals surface area contributed by atoms with Crippen molar-refractivity contribution in [2.24, 2.45) is 5.92 Å². The summed E-state index contributed by atoms with van der Waals surface area (Å²) in [6, 6.07) is 0. The van der Waals surface area contributed by atoms with Gasteiger partial charge in [-0.3, -0.25) is 0 Å². The Morgan fingerprint density at radius 1 is 1.54 bits per heavy atom. The highest BCUT2D eigenvalue weighted by Crippen LogP contribution is 2.24. The van der Waals surface area contributed by atoms with Crippen molar-refractivity contribution in [2.75, 3.05) is 6.54 Å². The summed E-state index contributed by atoms with van der Waals surface area (Å²) in [5.74, 6) is -0.682. The summed E-state index contributed by atoms with van der Waals surface area (Å²) in [6.45, 7) is 0.658. The Hall–Kier alpha value is -1.03. The Kier molecular flexibility index (Phi) is 3.76. The zero-order chi connectivity index (χ0) is 9.68. The topological polar surface area (TPSA) is 69.6 Å². The number of aliphatic carboxylic acids is 1. The van der Waals surface area contributed by atoms with Gasteiger partial charge in [0.1, 0.15) is 0 Å². The number of nitrogens with one attached hydrogen (secondary N) is 1. The molecule has 2 unspecified atom stereocenters. The van der Waals surface area contributed by atoms with Crippen molar-refractivity contribution in [3.05, 3.63) is 12.3 Å². The maximum absolute atomic E-state index is 10.1. The van der Waals surface area contributed by atoms with Gasteiger partial charge in [0.2, 0.25) is 0 Å². The molecular formula is C9H15NO3. The molecule has 74 valence electrons. The summed E-state index contributed by atoms with van der Waals surface area (Å²) in [7, 11) is 0. The highest BCUT2D eigenvalue weighted by Gasteiger charge is 2.24. The van der Waals surface area contributed by atoms with Crippen LogP contribution in [0.5, 0.6) is 0 Å². The van der Waals surface area contributed by atoms with Crippen molar-refractivity contribution in [1.82, 2.24) is 5.32 Å². The van der Waals surface area contributed by atoms with Gasteiger partial charge in [0.15, 0.2) is 0 Å². The maximum atomic E-state index is 10.1. The lowest BCUT2D eigenvalue weighted by Gasteiger charge is -2.13. The highest BCUT2D eigenvalue weighted by molar-refractivity contribution is 5.79. The van der Waals surface area contributed by atoms with E-state index in [1.807, 2.05) is 0 Å². The minimum Gasteiger partial charge on any atom is -0.478 e. The van der Waals surface area contributed by atoms with Gasteiger partial charge in [-0.1, -0.05) is 6.42 Å². The molecule has 0 spiro atoms. The first-order valence-electron chi connectivity index (χ1n) is 4.51. The van der Waals surface area contributed by atoms with E-state index in [0.29, 0.717) is 6.54 Å². The molecule has 0 radical (unpaired) electrons. The minimum atomic E-state index is -0.959. The molecule has 1 aliphatic rings. The Morgan fingerprint density at radius 2 is 2.31 bits per heavy atom. The lowest BCUT2D eigenvalue weighted by atomic mass is 10.1. The molecule has 1 saturated carbocycles. The van der Waals surface area contributed by atoms with Gasteiger partial charge >= 0.3 is 5.97 Å². The van der Waals surface area contributed by atoms with Crippen molar-refractivity contribution in [3.63, 3.8) is 0 Å². The number of aliphatic hydroxyl groups excluding tert-OH is 1. The number of carboxylic acids is 1. The van der Waals surface area contributed by atoms with E-state index < -0.39 is 5.97 Å². The summed E-state index contributed by atoms with van der Waals surface area (Å²) in [5, 5.41) is 20.6. The van der Waals surface area contributed by atoms with Crippen molar-refractivity contribution in [2.45, 2.75) is 25.4 Å². The quantitative estimate of drug-likeness (QED) is 0.552. The average molecular weight is 185 g/mol. The van der Waals surface area contributed by atoms with E-state index >= 15 is 0 Å². The molecular weight excluding hydrogens is 170 g/mol. The summed E-state index contributed by atoms with van der Waals surface area (Å²) in [5.41, 5.74) is 0. The molecule has 0 saturated heterocycles. The standard InChI is InChI=1S/C9H15NO3/c11-8-3-1-2-7(8)6-10-5-4-9(12)13/h4-5,7-8,10-11H,1-3,6H2,(H,12,13)/b5-4+. The fourth-order valence-corrected chi connectivity index (χ4v) is 1.60. The van der Waals surface area contributed by atoms with E-state index in [4.69, 9.17) is 5.11 Å². The van der Waals surface area contributed by atoms with E-state index in [1.54, 1.807) is 0 Å². The summed E-state index contributed by atoms with van der Waals surface area (Å²) in [4.78, 5) is 10.1. The number of carboxylic acid groups (broad SMARTS) is 1. The van der Waals surface area contributed by atoms with Crippen molar-refractivity contribution in [1.29, 1.82) is 0 Å². The van der Waals surface area contributed by atoms with Crippen LogP contribution in [0.15, 0.2) is 12.3 Å². The largest absolute Gasteiger partial charge is 0.478 e. The van der Waals surface area contributed by atoms with Crippen LogP contribution in [-0.2, 0) is 4.79 Å². The fraction of sp³-hybridized carbons (Fsp3) is 0.667. The van der Waals surface area contributed by atoms with Crippen LogP contribution in [0.4, 0.5) is 0 Å². The molecule has 4 heteroatoms. The highest BCUT2D eigenvalue weighted by atomic mass is 16.4. The molecule has 0 heterocycles. The van der Waals surface area contributed by atoms with E-state index in [1.165, 1.54) is 6.20 Å². The first-order chi connectivity index (χ1) is 6.20. The summed E-state index contributed by atoms with van der Waals surface area (Å²) >= 11 is 0. The first-order valence-corrected chi connectivity index (χ1v) is 4.51. The molecule has 13 heavy (non-hydrogen) atoms. The lowest BCUT2D eigenvalue weighted by Crippen LogP contribution is -2.24. The smallest absolute Gasteiger partial charge is 0.329 e. The molecule has 1 aliphatic carbocycles. The van der Waals surface area contributed by atoms with Crippen LogP contribution in [0.2, 0.25) is 0 Å². The van der Waals surface area contributed by atoms with Crippen molar-refractivity contribution < 1.29 is 15.0 Å². The Balaban J connectivity index is 2.15. The van der Waals surface area contributed by atoms with Gasteiger partial charge in [-0.25, -0.2) is 4.79 Å². The molecule has 1 rings (SSSR count). The van der Waals surface area contributed by atoms with E-state index in [9.17, 15) is 9.90 Å². The molecule has 4 nitrogen and oxygen atoms in total. The first kappa shape index (κ1) is 10.1. The van der Waals surface area contributed by atoms with Crippen LogP contribution in [0.3, 0.4) is 0 Å². The second-order valence-electron chi connectivity index (χ2n) is 3.34. The molecule has 0 amide bonds. The molecule has 3 N–H and O–H groups in total. The van der Waals surface area contributed by atoms with Crippen molar-refractivity contribution in [3.8, 4) is 0 Å². The third-order valence-electron chi connectivity index (χ3n) is 2.34. The number of aliphatic hydroxyl groups is 1. The number of hydrogen-bond donors (Lipinski definition) is 3. The second-order valence-corrected chi connectivity index (χ2v) is 3.34. The maximum Gasteiger partial charge on any atom is 0.329 e. The Bertz CT molecular complexity index is 203. The average Bonchev–Trinajstić information content (AvgIpc) is 2.45. The van der Waals surface area contributed by atoms with Crippen LogP contribution < -0.4 is 5.32 Å². The van der Waals surface area contributed by atoms with Gasteiger partial charge in [-0.2, -0.15) is 0 Å². The SMILES string of the molecule is O=C(O)/C=C/NCC1CCCC1O. The fourth-order valence-electron chi connectivity index (χ4n) is 1.60. The Morgan fingerprint density at radius 3 is 2.85 bits per heavy atom. The summed E-state index contributed by atoms with van der Waals surface area (Å²) in [6.07, 6.45) is 5.21. The van der Waals surface area contributed by atoms with Gasteiger partial charge in [0.05, 0.1) is 6.10 Å². The van der Waals surface area contributed by atoms with Crippen LogP contribution in [0.25, 0.3) is 0 Å². The third kappa shape index (κ3) is 3.46. The van der Waals surface area contributed by atoms with Gasteiger partial charge in [-0.05, 0) is 12.8 Å². The van der Waals surface area contributed by atoms with Crippen molar-refractivity contribution >= 4 is 5.97 Å². The van der Waals surface area contributed by atoms with Gasteiger partial charge in [-0.15, -0.1) is 0 Å². The predicted octanol–water partition coefficient (Wildman–Crippen LogP) is 0.335. The number of carbonyl (C=O) groups is 1. The zero-order valence-corrected chi connectivity index (χ0v) is 7.44. The molecule has 0 aromatic rings. The zero-order valence-electron chi connectivity index (χ0n) is 7.44. The molecule has 1 fully saturated rings. The second kappa shape index (κ2) is 4.87. The van der Waals surface area contributed by atoms with Crippen LogP contribution in [-0.4, -0.2) is 28.8 Å². The van der Waals surface area contributed by atoms with Crippen LogP contribution in [0, 0.1) is 5.92 Å². The van der Waals surface area contributed by atoms with Crippen LogP contribution in [0.1, 0.15) is 19.3 Å². The van der Waals surface area contributed by atoms with E-state index in [0.717, 1.165) is 25.3 Å². The lowest BCUT2D eigenvalue weighted by molar-refractivity contribution is -0.131. The predicted molar refractivity (Wildman–Crippen MR) is 48.1 cm³/mol. The monoisotopic (exact) mass is 185 g/mol. The number of rotatable bonds is 4. The van der Waals surface area contributed by atoms with Crippen LogP contribution >= 0.6 is 0 Å². The summed E-state index contributed by atoms with van der Waals surface area (Å²) < 4.78 is 0. The van der Waals surface area contributed by atoms with E-state index in [-0.39, 0.29) is 12.0 Å². The van der Waals surface area contributed by atoms with E-state index in [2.05, 4.69) is 5.32 Å². The third-order valence-corrected chi connectivity index (χ3v) is 2.34. The van der Waals surface area contributed by atoms with Gasteiger partial charge < -0.3 is 15.5 Å². The minimum absolute atomic E-state index is 0.217. The molecule has 0 aromatic heterocycles. The molecule has 0 aromatic carbocycles. The Labute approximate surface area is 77.3 Å².